The van der Waals surface area contributed by atoms with E-state index >= 15 is 0 Å². The molecule has 0 spiro atoms. The molecule has 0 amide bonds. The smallest absolute Gasteiger partial charge is 0.338 e. The van der Waals surface area contributed by atoms with E-state index in [1.807, 2.05) is 0 Å². The van der Waals surface area contributed by atoms with Crippen molar-refractivity contribution in [3.05, 3.63) is 18.0 Å². The van der Waals surface area contributed by atoms with Crippen LogP contribution in [-0.2, 0) is 7.05 Å². The van der Waals surface area contributed by atoms with Gasteiger partial charge in [-0.05, 0) is 5.92 Å². The number of carbonyl (C=O) groups is 1. The zero-order valence-corrected chi connectivity index (χ0v) is 12.1. The van der Waals surface area contributed by atoms with Gasteiger partial charge in [0.25, 0.3) is 0 Å². The van der Waals surface area contributed by atoms with Crippen LogP contribution >= 0.6 is 11.8 Å². The largest absolute Gasteiger partial charge is 0.478 e. The van der Waals surface area contributed by atoms with Crippen LogP contribution in [0.1, 0.15) is 30.6 Å². The number of fused-ring (bicyclic) bond motifs is 1. The Morgan fingerprint density at radius 1 is 1.53 bits per heavy atom. The Kier molecular flexibility index (Phi) is 4.09. The minimum atomic E-state index is -0.940. The minimum absolute atomic E-state index is 0.258. The average Bonchev–Trinajstić information content (AvgIpc) is 2.77. The molecular formula is C13H17N3O2S. The summed E-state index contributed by atoms with van der Waals surface area (Å²) >= 11 is 1.58. The standard InChI is InChI=1S/C13H17N3O2S/c1-4-8(2)7-19-11-9-6-15-16(3)12(9)14-5-10(11)13(17)18/h5-6,8H,4,7H2,1-3H3,(H,17,18). The summed E-state index contributed by atoms with van der Waals surface area (Å²) in [6.07, 6.45) is 4.19. The Morgan fingerprint density at radius 3 is 2.89 bits per heavy atom. The highest BCUT2D eigenvalue weighted by Gasteiger charge is 2.17. The first-order chi connectivity index (χ1) is 9.04. The Balaban J connectivity index is 2.47. The second-order valence-corrected chi connectivity index (χ2v) is 5.67. The van der Waals surface area contributed by atoms with Crippen LogP contribution in [0, 0.1) is 5.92 Å². The van der Waals surface area contributed by atoms with Crippen molar-refractivity contribution in [3.8, 4) is 0 Å². The van der Waals surface area contributed by atoms with Gasteiger partial charge in [-0.15, -0.1) is 11.8 Å². The molecule has 2 aromatic rings. The molecule has 0 bridgehead atoms. The van der Waals surface area contributed by atoms with E-state index < -0.39 is 5.97 Å². The third-order valence-corrected chi connectivity index (χ3v) is 4.62. The summed E-state index contributed by atoms with van der Waals surface area (Å²) in [7, 11) is 1.80. The molecule has 0 aliphatic rings. The zero-order valence-electron chi connectivity index (χ0n) is 11.3. The predicted octanol–water partition coefficient (Wildman–Crippen LogP) is 2.80. The van der Waals surface area contributed by atoms with E-state index in [0.717, 1.165) is 28.1 Å². The van der Waals surface area contributed by atoms with E-state index in [-0.39, 0.29) is 5.56 Å². The van der Waals surface area contributed by atoms with Crippen molar-refractivity contribution in [3.63, 3.8) is 0 Å². The lowest BCUT2D eigenvalue weighted by atomic mass is 10.2. The SMILES string of the molecule is CCC(C)CSc1c(C(=O)O)cnc2c1cnn2C. The maximum Gasteiger partial charge on any atom is 0.338 e. The fourth-order valence-electron chi connectivity index (χ4n) is 1.73. The lowest BCUT2D eigenvalue weighted by molar-refractivity contribution is 0.0693. The van der Waals surface area contributed by atoms with E-state index in [9.17, 15) is 9.90 Å². The number of carboxylic acid groups (broad SMARTS) is 1. The molecule has 1 N–H and O–H groups in total. The lowest BCUT2D eigenvalue weighted by Gasteiger charge is -2.10. The summed E-state index contributed by atoms with van der Waals surface area (Å²) in [5.41, 5.74) is 0.977. The van der Waals surface area contributed by atoms with Crippen LogP contribution in [0.25, 0.3) is 11.0 Å². The van der Waals surface area contributed by atoms with Crippen LogP contribution in [0.5, 0.6) is 0 Å². The number of thioether (sulfide) groups is 1. The quantitative estimate of drug-likeness (QED) is 0.852. The van der Waals surface area contributed by atoms with Crippen molar-refractivity contribution in [1.29, 1.82) is 0 Å². The predicted molar refractivity (Wildman–Crippen MR) is 75.6 cm³/mol. The average molecular weight is 279 g/mol. The molecule has 0 radical (unpaired) electrons. The molecule has 19 heavy (non-hydrogen) atoms. The number of rotatable bonds is 5. The zero-order chi connectivity index (χ0) is 14.0. The van der Waals surface area contributed by atoms with Gasteiger partial charge < -0.3 is 5.11 Å². The lowest BCUT2D eigenvalue weighted by Crippen LogP contribution is -2.03. The Morgan fingerprint density at radius 2 is 2.26 bits per heavy atom. The summed E-state index contributed by atoms with van der Waals surface area (Å²) in [4.78, 5) is 16.3. The summed E-state index contributed by atoms with van der Waals surface area (Å²) in [5.74, 6) is 0.501. The van der Waals surface area contributed by atoms with Gasteiger partial charge in [-0.2, -0.15) is 5.10 Å². The van der Waals surface area contributed by atoms with E-state index in [0.29, 0.717) is 5.92 Å². The van der Waals surface area contributed by atoms with Crippen molar-refractivity contribution >= 4 is 28.8 Å². The van der Waals surface area contributed by atoms with Crippen molar-refractivity contribution in [2.75, 3.05) is 5.75 Å². The van der Waals surface area contributed by atoms with E-state index in [4.69, 9.17) is 0 Å². The second kappa shape index (κ2) is 5.61. The number of aromatic carboxylic acids is 1. The Bertz CT molecular complexity index is 609. The van der Waals surface area contributed by atoms with Gasteiger partial charge >= 0.3 is 5.97 Å². The van der Waals surface area contributed by atoms with Gasteiger partial charge in [-0.25, -0.2) is 9.78 Å². The maximum absolute atomic E-state index is 11.3. The first-order valence-corrected chi connectivity index (χ1v) is 7.20. The molecule has 2 heterocycles. The number of aryl methyl sites for hydroxylation is 1. The van der Waals surface area contributed by atoms with Gasteiger partial charge in [0.2, 0.25) is 0 Å². The van der Waals surface area contributed by atoms with Gasteiger partial charge in [0.15, 0.2) is 5.65 Å². The van der Waals surface area contributed by atoms with Crippen LogP contribution in [-0.4, -0.2) is 31.6 Å². The van der Waals surface area contributed by atoms with Crippen molar-refractivity contribution in [2.45, 2.75) is 25.2 Å². The number of nitrogens with zero attached hydrogens (tertiary/aromatic N) is 3. The highest BCUT2D eigenvalue weighted by molar-refractivity contribution is 7.99. The molecule has 0 fully saturated rings. The summed E-state index contributed by atoms with van der Waals surface area (Å²) < 4.78 is 1.66. The first kappa shape index (κ1) is 13.9. The van der Waals surface area contributed by atoms with Gasteiger partial charge in [-0.1, -0.05) is 20.3 Å². The molecule has 0 aromatic carbocycles. The Labute approximate surface area is 116 Å². The molecule has 5 nitrogen and oxygen atoms in total. The number of aromatic nitrogens is 3. The van der Waals surface area contributed by atoms with Crippen LogP contribution in [0.2, 0.25) is 0 Å². The molecule has 1 atom stereocenters. The molecule has 0 aliphatic carbocycles. The van der Waals surface area contributed by atoms with E-state index in [2.05, 4.69) is 23.9 Å². The minimum Gasteiger partial charge on any atom is -0.478 e. The van der Waals surface area contributed by atoms with Crippen LogP contribution in [0.15, 0.2) is 17.3 Å². The van der Waals surface area contributed by atoms with E-state index in [1.165, 1.54) is 6.20 Å². The summed E-state index contributed by atoms with van der Waals surface area (Å²) in [5, 5.41) is 14.2. The van der Waals surface area contributed by atoms with Crippen molar-refractivity contribution in [2.24, 2.45) is 13.0 Å². The molecule has 102 valence electrons. The van der Waals surface area contributed by atoms with Crippen molar-refractivity contribution in [1.82, 2.24) is 14.8 Å². The first-order valence-electron chi connectivity index (χ1n) is 6.21. The highest BCUT2D eigenvalue weighted by atomic mass is 32.2. The second-order valence-electron chi connectivity index (χ2n) is 4.64. The normalized spacial score (nSPS) is 12.8. The van der Waals surface area contributed by atoms with Gasteiger partial charge in [0.05, 0.1) is 17.1 Å². The van der Waals surface area contributed by atoms with Crippen molar-refractivity contribution < 1.29 is 9.90 Å². The van der Waals surface area contributed by atoms with Crippen LogP contribution in [0.4, 0.5) is 0 Å². The summed E-state index contributed by atoms with van der Waals surface area (Å²) in [6, 6.07) is 0. The molecule has 0 saturated carbocycles. The maximum atomic E-state index is 11.3. The molecule has 6 heteroatoms. The number of carboxylic acids is 1. The molecule has 2 aromatic heterocycles. The number of pyridine rings is 1. The van der Waals surface area contributed by atoms with Crippen LogP contribution in [0.3, 0.4) is 0 Å². The number of hydrogen-bond acceptors (Lipinski definition) is 4. The monoisotopic (exact) mass is 279 g/mol. The third kappa shape index (κ3) is 2.73. The van der Waals surface area contributed by atoms with Crippen LogP contribution < -0.4 is 0 Å². The molecular weight excluding hydrogens is 262 g/mol. The number of hydrogen-bond donors (Lipinski definition) is 1. The summed E-state index contributed by atoms with van der Waals surface area (Å²) in [6.45, 7) is 4.30. The molecule has 2 rings (SSSR count). The fraction of sp³-hybridized carbons (Fsp3) is 0.462. The van der Waals surface area contributed by atoms with E-state index in [1.54, 1.807) is 29.7 Å². The third-order valence-electron chi connectivity index (χ3n) is 3.15. The molecule has 1 unspecified atom stereocenters. The fourth-order valence-corrected chi connectivity index (χ4v) is 3.01. The van der Waals surface area contributed by atoms with Gasteiger partial charge in [0, 0.05) is 23.9 Å². The molecule has 0 saturated heterocycles. The molecule has 0 aliphatic heterocycles. The highest BCUT2D eigenvalue weighted by Crippen LogP contribution is 2.31. The van der Waals surface area contributed by atoms with Gasteiger partial charge in [-0.3, -0.25) is 4.68 Å². The Hall–Kier alpha value is -1.56. The van der Waals surface area contributed by atoms with Gasteiger partial charge in [0.1, 0.15) is 0 Å². The topological polar surface area (TPSA) is 68.0 Å².